The van der Waals surface area contributed by atoms with E-state index in [4.69, 9.17) is 16.7 Å². The number of hydrogen-bond acceptors (Lipinski definition) is 4. The summed E-state index contributed by atoms with van der Waals surface area (Å²) in [7, 11) is 1.65. The Morgan fingerprint density at radius 2 is 2.10 bits per heavy atom. The third-order valence-electron chi connectivity index (χ3n) is 4.93. The Balaban J connectivity index is 2.15. The molecule has 1 aromatic carbocycles. The third kappa shape index (κ3) is 3.97. The van der Waals surface area contributed by atoms with E-state index in [1.807, 2.05) is 25.1 Å². The summed E-state index contributed by atoms with van der Waals surface area (Å²) in [6, 6.07) is 7.08. The van der Waals surface area contributed by atoms with Crippen molar-refractivity contribution in [2.24, 2.45) is 0 Å². The quantitative estimate of drug-likeness (QED) is 0.603. The van der Waals surface area contributed by atoms with Crippen LogP contribution in [0.25, 0.3) is 16.9 Å². The van der Waals surface area contributed by atoms with Gasteiger partial charge in [-0.3, -0.25) is 18.6 Å². The lowest BCUT2D eigenvalue weighted by Crippen LogP contribution is -2.35. The fourth-order valence-electron chi connectivity index (χ4n) is 3.14. The van der Waals surface area contributed by atoms with Gasteiger partial charge in [-0.15, -0.1) is 6.58 Å². The average Bonchev–Trinajstić information content (AvgIpc) is 3.14. The van der Waals surface area contributed by atoms with Crippen LogP contribution in [0.2, 0.25) is 5.02 Å². The molecule has 7 nitrogen and oxygen atoms in total. The van der Waals surface area contributed by atoms with Crippen LogP contribution in [0.5, 0.6) is 0 Å². The second kappa shape index (κ2) is 8.63. The maximum Gasteiger partial charge on any atom is 0.295 e. The molecule has 1 N–H and O–H groups in total. The molecule has 0 bridgehead atoms. The van der Waals surface area contributed by atoms with Gasteiger partial charge in [0.1, 0.15) is 5.69 Å². The fraction of sp³-hybridized carbons (Fsp3) is 0.286. The SMILES string of the molecule is C=CCn1c(-c2ccccc2Cl)cn2cc(C(=O)N(C)C(C)CCO)nc2c1=O. The van der Waals surface area contributed by atoms with Crippen molar-refractivity contribution in [2.75, 3.05) is 13.7 Å². The van der Waals surface area contributed by atoms with Gasteiger partial charge < -0.3 is 10.0 Å². The molecule has 8 heteroatoms. The first-order valence-corrected chi connectivity index (χ1v) is 9.63. The van der Waals surface area contributed by atoms with E-state index in [-0.39, 0.29) is 42.0 Å². The molecule has 3 aromatic rings. The highest BCUT2D eigenvalue weighted by atomic mass is 35.5. The van der Waals surface area contributed by atoms with E-state index in [1.54, 1.807) is 36.0 Å². The number of aliphatic hydroxyl groups is 1. The monoisotopic (exact) mass is 414 g/mol. The van der Waals surface area contributed by atoms with Crippen molar-refractivity contribution in [2.45, 2.75) is 25.9 Å². The van der Waals surface area contributed by atoms with Crippen LogP contribution in [0.4, 0.5) is 0 Å². The Labute approximate surface area is 173 Å². The number of rotatable bonds is 7. The summed E-state index contributed by atoms with van der Waals surface area (Å²) in [6.45, 7) is 5.83. The second-order valence-corrected chi connectivity index (χ2v) is 7.24. The van der Waals surface area contributed by atoms with Crippen molar-refractivity contribution in [1.29, 1.82) is 0 Å². The summed E-state index contributed by atoms with van der Waals surface area (Å²) in [4.78, 5) is 31.7. The van der Waals surface area contributed by atoms with E-state index in [1.165, 1.54) is 9.47 Å². The van der Waals surface area contributed by atoms with E-state index in [0.29, 0.717) is 22.7 Å². The summed E-state index contributed by atoms with van der Waals surface area (Å²) in [6.07, 6.45) is 5.36. The third-order valence-corrected chi connectivity index (χ3v) is 5.26. The number of aromatic nitrogens is 3. The normalized spacial score (nSPS) is 12.1. The molecule has 152 valence electrons. The van der Waals surface area contributed by atoms with Crippen LogP contribution in [0, 0.1) is 0 Å². The molecule has 0 fully saturated rings. The Kier molecular flexibility index (Phi) is 6.20. The Bertz CT molecular complexity index is 1120. The fourth-order valence-corrected chi connectivity index (χ4v) is 3.37. The smallest absolute Gasteiger partial charge is 0.295 e. The maximum absolute atomic E-state index is 13.1. The maximum atomic E-state index is 13.1. The van der Waals surface area contributed by atoms with Gasteiger partial charge in [0.25, 0.3) is 11.5 Å². The molecule has 0 spiro atoms. The molecule has 2 heterocycles. The molecule has 1 unspecified atom stereocenters. The average molecular weight is 415 g/mol. The van der Waals surface area contributed by atoms with Crippen molar-refractivity contribution in [3.8, 4) is 11.3 Å². The van der Waals surface area contributed by atoms with Gasteiger partial charge in [0, 0.05) is 49.2 Å². The number of hydrogen-bond donors (Lipinski definition) is 1. The number of nitrogens with zero attached hydrogens (tertiary/aromatic N) is 4. The minimum absolute atomic E-state index is 0.0165. The van der Waals surface area contributed by atoms with Crippen LogP contribution >= 0.6 is 11.6 Å². The molecule has 29 heavy (non-hydrogen) atoms. The Morgan fingerprint density at radius 1 is 1.38 bits per heavy atom. The van der Waals surface area contributed by atoms with Crippen molar-refractivity contribution >= 4 is 23.2 Å². The minimum Gasteiger partial charge on any atom is -0.396 e. The summed E-state index contributed by atoms with van der Waals surface area (Å²) >= 11 is 6.35. The van der Waals surface area contributed by atoms with Crippen molar-refractivity contribution in [3.63, 3.8) is 0 Å². The Hall–Kier alpha value is -2.90. The van der Waals surface area contributed by atoms with Crippen molar-refractivity contribution < 1.29 is 9.90 Å². The summed E-state index contributed by atoms with van der Waals surface area (Å²) in [5.74, 6) is -0.316. The molecule has 0 saturated heterocycles. The molecule has 2 aromatic heterocycles. The number of carbonyl (C=O) groups excluding carboxylic acids is 1. The predicted molar refractivity (Wildman–Crippen MR) is 113 cm³/mol. The highest BCUT2D eigenvalue weighted by Gasteiger charge is 2.22. The van der Waals surface area contributed by atoms with Crippen LogP contribution in [0.3, 0.4) is 0 Å². The van der Waals surface area contributed by atoms with Gasteiger partial charge in [0.05, 0.1) is 5.69 Å². The number of imidazole rings is 1. The minimum atomic E-state index is -0.340. The van der Waals surface area contributed by atoms with Gasteiger partial charge in [0.2, 0.25) is 5.65 Å². The molecular weight excluding hydrogens is 392 g/mol. The first-order valence-electron chi connectivity index (χ1n) is 9.25. The number of aliphatic hydroxyl groups excluding tert-OH is 1. The molecule has 0 aliphatic heterocycles. The standard InChI is InChI=1S/C21H23ClN4O3/c1-4-10-26-18(15-7-5-6-8-16(15)22)13-25-12-17(23-19(25)21(26)29)20(28)24(3)14(2)9-11-27/h4-8,12-14,27H,1,9-11H2,2-3H3. The number of fused-ring (bicyclic) bond motifs is 1. The lowest BCUT2D eigenvalue weighted by atomic mass is 10.1. The highest BCUT2D eigenvalue weighted by molar-refractivity contribution is 6.33. The van der Waals surface area contributed by atoms with Gasteiger partial charge in [0.15, 0.2) is 0 Å². The van der Waals surface area contributed by atoms with Gasteiger partial charge in [-0.05, 0) is 19.4 Å². The van der Waals surface area contributed by atoms with Gasteiger partial charge in [-0.25, -0.2) is 4.98 Å². The lowest BCUT2D eigenvalue weighted by Gasteiger charge is -2.23. The summed E-state index contributed by atoms with van der Waals surface area (Å²) in [5, 5.41) is 9.62. The molecule has 1 atom stereocenters. The number of allylic oxidation sites excluding steroid dienone is 1. The molecule has 1 amide bonds. The molecule has 0 aliphatic carbocycles. The van der Waals surface area contributed by atoms with E-state index in [0.717, 1.165) is 0 Å². The van der Waals surface area contributed by atoms with Crippen LogP contribution < -0.4 is 5.56 Å². The second-order valence-electron chi connectivity index (χ2n) is 6.83. The Morgan fingerprint density at radius 3 is 2.76 bits per heavy atom. The zero-order valence-electron chi connectivity index (χ0n) is 16.4. The van der Waals surface area contributed by atoms with Crippen molar-refractivity contribution in [1.82, 2.24) is 18.9 Å². The first kappa shape index (κ1) is 20.8. The van der Waals surface area contributed by atoms with E-state index in [2.05, 4.69) is 11.6 Å². The first-order chi connectivity index (χ1) is 13.9. The topological polar surface area (TPSA) is 79.8 Å². The number of halogens is 1. The molecule has 0 aliphatic rings. The van der Waals surface area contributed by atoms with Gasteiger partial charge in [-0.1, -0.05) is 35.9 Å². The lowest BCUT2D eigenvalue weighted by molar-refractivity contribution is 0.0717. The molecule has 0 radical (unpaired) electrons. The zero-order valence-corrected chi connectivity index (χ0v) is 17.1. The number of carbonyl (C=O) groups is 1. The van der Waals surface area contributed by atoms with Gasteiger partial charge in [-0.2, -0.15) is 0 Å². The van der Waals surface area contributed by atoms with E-state index < -0.39 is 0 Å². The summed E-state index contributed by atoms with van der Waals surface area (Å²) < 4.78 is 3.08. The van der Waals surface area contributed by atoms with Crippen LogP contribution in [0.1, 0.15) is 23.8 Å². The molecular formula is C21H23ClN4O3. The molecule has 0 saturated carbocycles. The van der Waals surface area contributed by atoms with Gasteiger partial charge >= 0.3 is 0 Å². The van der Waals surface area contributed by atoms with E-state index >= 15 is 0 Å². The zero-order chi connectivity index (χ0) is 21.1. The predicted octanol–water partition coefficient (Wildman–Crippen LogP) is 2.85. The van der Waals surface area contributed by atoms with Crippen molar-refractivity contribution in [3.05, 3.63) is 70.4 Å². The number of benzene rings is 1. The van der Waals surface area contributed by atoms with E-state index in [9.17, 15) is 9.59 Å². The number of amides is 1. The van der Waals surface area contributed by atoms with Crippen LogP contribution in [-0.2, 0) is 6.54 Å². The highest BCUT2D eigenvalue weighted by Crippen LogP contribution is 2.27. The summed E-state index contributed by atoms with van der Waals surface area (Å²) in [5.41, 5.74) is 1.27. The largest absolute Gasteiger partial charge is 0.396 e. The molecule has 3 rings (SSSR count). The van der Waals surface area contributed by atoms with Crippen LogP contribution in [-0.4, -0.2) is 49.6 Å². The van der Waals surface area contributed by atoms with Crippen LogP contribution in [0.15, 0.2) is 54.1 Å².